The van der Waals surface area contributed by atoms with Crippen LogP contribution in [0.5, 0.6) is 0 Å². The summed E-state index contributed by atoms with van der Waals surface area (Å²) in [4.78, 5) is 4.70. The molecule has 2 rings (SSSR count). The SMILES string of the molecule is N=c1sccn1Cc1ccc(Br)nc1. The minimum absolute atomic E-state index is 0.563. The molecule has 0 aromatic carbocycles. The zero-order valence-corrected chi connectivity index (χ0v) is 9.68. The smallest absolute Gasteiger partial charge is 0.182 e. The van der Waals surface area contributed by atoms with Gasteiger partial charge in [0.15, 0.2) is 4.80 Å². The van der Waals surface area contributed by atoms with E-state index in [0.717, 1.165) is 10.2 Å². The van der Waals surface area contributed by atoms with Gasteiger partial charge in [-0.2, -0.15) is 0 Å². The molecule has 2 aromatic rings. The first-order chi connectivity index (χ1) is 6.75. The Labute approximate surface area is 93.7 Å². The highest BCUT2D eigenvalue weighted by atomic mass is 79.9. The molecule has 0 atom stereocenters. The molecule has 0 aliphatic carbocycles. The maximum atomic E-state index is 7.59. The van der Waals surface area contributed by atoms with Crippen LogP contribution in [0.2, 0.25) is 0 Å². The molecule has 0 aliphatic heterocycles. The van der Waals surface area contributed by atoms with Gasteiger partial charge in [-0.15, -0.1) is 11.3 Å². The summed E-state index contributed by atoms with van der Waals surface area (Å²) in [6.45, 7) is 0.711. The molecule has 72 valence electrons. The number of halogens is 1. The maximum absolute atomic E-state index is 7.59. The van der Waals surface area contributed by atoms with Crippen LogP contribution >= 0.6 is 27.3 Å². The van der Waals surface area contributed by atoms with E-state index < -0.39 is 0 Å². The summed E-state index contributed by atoms with van der Waals surface area (Å²) in [5.41, 5.74) is 1.10. The van der Waals surface area contributed by atoms with E-state index in [-0.39, 0.29) is 0 Å². The van der Waals surface area contributed by atoms with Gasteiger partial charge in [-0.1, -0.05) is 6.07 Å². The van der Waals surface area contributed by atoms with Crippen LogP contribution < -0.4 is 4.80 Å². The Morgan fingerprint density at radius 2 is 2.36 bits per heavy atom. The summed E-state index contributed by atoms with van der Waals surface area (Å²) >= 11 is 4.71. The lowest BCUT2D eigenvalue weighted by molar-refractivity contribution is 0.756. The highest BCUT2D eigenvalue weighted by Crippen LogP contribution is 2.07. The second kappa shape index (κ2) is 4.06. The zero-order valence-electron chi connectivity index (χ0n) is 7.27. The van der Waals surface area contributed by atoms with Crippen molar-refractivity contribution >= 4 is 27.3 Å². The molecule has 0 bridgehead atoms. The van der Waals surface area contributed by atoms with Gasteiger partial charge >= 0.3 is 0 Å². The van der Waals surface area contributed by atoms with Crippen molar-refractivity contribution in [2.45, 2.75) is 6.54 Å². The summed E-state index contributed by atoms with van der Waals surface area (Å²) in [5.74, 6) is 0. The third-order valence-electron chi connectivity index (χ3n) is 1.82. The van der Waals surface area contributed by atoms with E-state index in [2.05, 4.69) is 20.9 Å². The Hall–Kier alpha value is -0.940. The lowest BCUT2D eigenvalue weighted by Crippen LogP contribution is -2.12. The molecule has 0 fully saturated rings. The first-order valence-corrected chi connectivity index (χ1v) is 5.72. The van der Waals surface area contributed by atoms with Gasteiger partial charge in [-0.05, 0) is 27.6 Å². The fourth-order valence-corrected chi connectivity index (χ4v) is 1.96. The highest BCUT2D eigenvalue weighted by molar-refractivity contribution is 9.10. The van der Waals surface area contributed by atoms with E-state index in [1.807, 2.05) is 34.5 Å². The largest absolute Gasteiger partial charge is 0.320 e. The summed E-state index contributed by atoms with van der Waals surface area (Å²) < 4.78 is 2.72. The molecule has 3 nitrogen and oxygen atoms in total. The molecule has 0 saturated carbocycles. The molecule has 0 saturated heterocycles. The van der Waals surface area contributed by atoms with E-state index in [4.69, 9.17) is 5.41 Å². The van der Waals surface area contributed by atoms with Crippen LogP contribution in [0.15, 0.2) is 34.5 Å². The predicted molar refractivity (Wildman–Crippen MR) is 59.2 cm³/mol. The van der Waals surface area contributed by atoms with Gasteiger partial charge in [-0.25, -0.2) is 4.98 Å². The first kappa shape index (κ1) is 9.61. The van der Waals surface area contributed by atoms with Crippen LogP contribution in [0.4, 0.5) is 0 Å². The van der Waals surface area contributed by atoms with Gasteiger partial charge in [0.05, 0.1) is 6.54 Å². The molecule has 0 amide bonds. The molecule has 14 heavy (non-hydrogen) atoms. The number of hydrogen-bond acceptors (Lipinski definition) is 3. The molecule has 1 N–H and O–H groups in total. The van der Waals surface area contributed by atoms with Gasteiger partial charge in [0, 0.05) is 17.8 Å². The van der Waals surface area contributed by atoms with Crippen molar-refractivity contribution in [1.82, 2.24) is 9.55 Å². The molecule has 0 spiro atoms. The average Bonchev–Trinajstić information content (AvgIpc) is 2.56. The molecule has 5 heteroatoms. The van der Waals surface area contributed by atoms with E-state index in [9.17, 15) is 0 Å². The number of pyridine rings is 1. The minimum atomic E-state index is 0.563. The monoisotopic (exact) mass is 269 g/mol. The van der Waals surface area contributed by atoms with Crippen molar-refractivity contribution in [3.8, 4) is 0 Å². The van der Waals surface area contributed by atoms with E-state index in [1.54, 1.807) is 0 Å². The molecule has 0 aliphatic rings. The molecule has 2 aromatic heterocycles. The number of rotatable bonds is 2. The van der Waals surface area contributed by atoms with E-state index in [1.165, 1.54) is 11.3 Å². The Balaban J connectivity index is 2.23. The second-order valence-corrected chi connectivity index (χ2v) is 4.53. The minimum Gasteiger partial charge on any atom is -0.320 e. The normalized spacial score (nSPS) is 10.4. The lowest BCUT2D eigenvalue weighted by atomic mass is 10.3. The number of thiazole rings is 1. The first-order valence-electron chi connectivity index (χ1n) is 4.04. The van der Waals surface area contributed by atoms with Crippen LogP contribution in [-0.2, 0) is 6.54 Å². The fourth-order valence-electron chi connectivity index (χ4n) is 1.12. The fraction of sp³-hybridized carbons (Fsp3) is 0.111. The molecular formula is C9H8BrN3S. The number of aromatic nitrogens is 2. The Kier molecular flexibility index (Phi) is 2.79. The van der Waals surface area contributed by atoms with Crippen molar-refractivity contribution in [2.75, 3.05) is 0 Å². The Bertz CT molecular complexity index is 471. The predicted octanol–water partition coefficient (Wildman–Crippen LogP) is 2.23. The number of nitrogens with zero attached hydrogens (tertiary/aromatic N) is 2. The van der Waals surface area contributed by atoms with Gasteiger partial charge in [0.2, 0.25) is 0 Å². The van der Waals surface area contributed by atoms with Crippen LogP contribution in [0.1, 0.15) is 5.56 Å². The topological polar surface area (TPSA) is 41.7 Å². The summed E-state index contributed by atoms with van der Waals surface area (Å²) in [7, 11) is 0. The van der Waals surface area contributed by atoms with Crippen molar-refractivity contribution in [1.29, 1.82) is 5.41 Å². The highest BCUT2D eigenvalue weighted by Gasteiger charge is 1.96. The number of nitrogens with one attached hydrogen (secondary N) is 1. The van der Waals surface area contributed by atoms with Crippen molar-refractivity contribution in [3.63, 3.8) is 0 Å². The molecule has 2 heterocycles. The Morgan fingerprint density at radius 3 is 2.93 bits per heavy atom. The summed E-state index contributed by atoms with van der Waals surface area (Å²) in [6.07, 6.45) is 3.73. The molecule has 0 unspecified atom stereocenters. The van der Waals surface area contributed by atoms with Gasteiger partial charge in [-0.3, -0.25) is 5.41 Å². The Morgan fingerprint density at radius 1 is 1.50 bits per heavy atom. The maximum Gasteiger partial charge on any atom is 0.182 e. The molecular weight excluding hydrogens is 262 g/mol. The van der Waals surface area contributed by atoms with E-state index in [0.29, 0.717) is 11.3 Å². The lowest BCUT2D eigenvalue weighted by Gasteiger charge is -2.01. The van der Waals surface area contributed by atoms with Gasteiger partial charge in [0.25, 0.3) is 0 Å². The van der Waals surface area contributed by atoms with Crippen molar-refractivity contribution in [2.24, 2.45) is 0 Å². The van der Waals surface area contributed by atoms with Crippen LogP contribution in [0, 0.1) is 5.41 Å². The standard InChI is InChI=1S/C9H8BrN3S/c10-8-2-1-7(5-12-8)6-13-3-4-14-9(13)11/h1-5,11H,6H2. The van der Waals surface area contributed by atoms with E-state index >= 15 is 0 Å². The third kappa shape index (κ3) is 2.10. The zero-order chi connectivity index (χ0) is 9.97. The van der Waals surface area contributed by atoms with Gasteiger partial charge in [0.1, 0.15) is 4.60 Å². The summed E-state index contributed by atoms with van der Waals surface area (Å²) in [6, 6.07) is 3.91. The average molecular weight is 270 g/mol. The van der Waals surface area contributed by atoms with Crippen molar-refractivity contribution < 1.29 is 0 Å². The van der Waals surface area contributed by atoms with Crippen LogP contribution in [-0.4, -0.2) is 9.55 Å². The van der Waals surface area contributed by atoms with Crippen LogP contribution in [0.3, 0.4) is 0 Å². The molecule has 0 radical (unpaired) electrons. The van der Waals surface area contributed by atoms with Gasteiger partial charge < -0.3 is 4.57 Å². The van der Waals surface area contributed by atoms with Crippen LogP contribution in [0.25, 0.3) is 0 Å². The van der Waals surface area contributed by atoms with Crippen molar-refractivity contribution in [3.05, 3.63) is 44.9 Å². The number of hydrogen-bond donors (Lipinski definition) is 1. The third-order valence-corrected chi connectivity index (χ3v) is 3.01. The quantitative estimate of drug-likeness (QED) is 0.835. The second-order valence-electron chi connectivity index (χ2n) is 2.83. The summed E-state index contributed by atoms with van der Waals surface area (Å²) in [5, 5.41) is 9.51.